The molecule has 2 rings (SSSR count). The number of amides is 1. The number of thioether (sulfide) groups is 1. The maximum atomic E-state index is 12.1. The van der Waals surface area contributed by atoms with E-state index in [1.165, 1.54) is 0 Å². The SMILES string of the molecule is [C-]#[N+]C1(N2CCSCC2)CCN(C(=O)OC(C)(C)C)CC1. The Morgan fingerprint density at radius 1 is 1.19 bits per heavy atom. The number of carbonyl (C=O) groups excluding carboxylic acids is 1. The van der Waals surface area contributed by atoms with Crippen molar-refractivity contribution in [2.75, 3.05) is 37.7 Å². The number of hydrogen-bond donors (Lipinski definition) is 0. The van der Waals surface area contributed by atoms with Gasteiger partial charge in [-0.1, -0.05) is 0 Å². The largest absolute Gasteiger partial charge is 0.444 e. The average Bonchev–Trinajstić information content (AvgIpc) is 2.46. The van der Waals surface area contributed by atoms with Crippen molar-refractivity contribution in [3.8, 4) is 0 Å². The van der Waals surface area contributed by atoms with E-state index >= 15 is 0 Å². The fraction of sp³-hybridized carbons (Fsp3) is 0.867. The standard InChI is InChI=1S/C15H25N3O2S/c1-14(2,3)20-13(19)17-7-5-15(16-4,6-8-17)18-9-11-21-12-10-18/h5-12H2,1-3H3. The van der Waals surface area contributed by atoms with Crippen LogP contribution in [0.25, 0.3) is 4.85 Å². The van der Waals surface area contributed by atoms with E-state index in [2.05, 4.69) is 9.74 Å². The van der Waals surface area contributed by atoms with E-state index in [-0.39, 0.29) is 6.09 Å². The van der Waals surface area contributed by atoms with Gasteiger partial charge in [0.15, 0.2) is 0 Å². The highest BCUT2D eigenvalue weighted by molar-refractivity contribution is 7.99. The summed E-state index contributed by atoms with van der Waals surface area (Å²) in [5, 5.41) is 0. The van der Waals surface area contributed by atoms with Gasteiger partial charge in [0, 0.05) is 37.7 Å². The van der Waals surface area contributed by atoms with Gasteiger partial charge in [-0.2, -0.15) is 11.8 Å². The zero-order valence-corrected chi connectivity index (χ0v) is 14.0. The number of hydrogen-bond acceptors (Lipinski definition) is 4. The Bertz CT molecular complexity index is 414. The zero-order valence-electron chi connectivity index (χ0n) is 13.2. The maximum Gasteiger partial charge on any atom is 0.410 e. The van der Waals surface area contributed by atoms with Crippen molar-refractivity contribution in [3.63, 3.8) is 0 Å². The minimum absolute atomic E-state index is 0.254. The van der Waals surface area contributed by atoms with Crippen LogP contribution in [0.1, 0.15) is 33.6 Å². The molecule has 0 spiro atoms. The molecule has 2 saturated heterocycles. The fourth-order valence-electron chi connectivity index (χ4n) is 2.85. The molecule has 0 N–H and O–H groups in total. The molecule has 2 fully saturated rings. The summed E-state index contributed by atoms with van der Waals surface area (Å²) in [4.78, 5) is 20.1. The lowest BCUT2D eigenvalue weighted by Gasteiger charge is -2.41. The molecule has 0 bridgehead atoms. The van der Waals surface area contributed by atoms with E-state index in [9.17, 15) is 4.79 Å². The number of carbonyl (C=O) groups is 1. The molecule has 0 saturated carbocycles. The summed E-state index contributed by atoms with van der Waals surface area (Å²) in [6.07, 6.45) is 1.19. The van der Waals surface area contributed by atoms with Crippen molar-refractivity contribution in [1.82, 2.24) is 9.80 Å². The molecule has 0 atom stereocenters. The summed E-state index contributed by atoms with van der Waals surface area (Å²) in [6.45, 7) is 16.5. The molecule has 6 heteroatoms. The third-order valence-electron chi connectivity index (χ3n) is 4.02. The van der Waals surface area contributed by atoms with Crippen LogP contribution in [0.3, 0.4) is 0 Å². The van der Waals surface area contributed by atoms with Crippen molar-refractivity contribution in [3.05, 3.63) is 11.4 Å². The van der Waals surface area contributed by atoms with Gasteiger partial charge in [-0.25, -0.2) is 16.3 Å². The van der Waals surface area contributed by atoms with Crippen LogP contribution in [0, 0.1) is 6.57 Å². The third-order valence-corrected chi connectivity index (χ3v) is 4.97. The number of rotatable bonds is 1. The molecule has 21 heavy (non-hydrogen) atoms. The predicted molar refractivity (Wildman–Crippen MR) is 85.3 cm³/mol. The van der Waals surface area contributed by atoms with Gasteiger partial charge < -0.3 is 9.64 Å². The second kappa shape index (κ2) is 6.45. The summed E-state index contributed by atoms with van der Waals surface area (Å²) < 4.78 is 5.42. The molecule has 0 aromatic heterocycles. The lowest BCUT2D eigenvalue weighted by molar-refractivity contribution is 0.00559. The molecule has 0 radical (unpaired) electrons. The van der Waals surface area contributed by atoms with E-state index in [4.69, 9.17) is 11.3 Å². The average molecular weight is 311 g/mol. The normalized spacial score (nSPS) is 23.4. The summed E-state index contributed by atoms with van der Waals surface area (Å²) in [5.74, 6) is 2.21. The van der Waals surface area contributed by atoms with Crippen LogP contribution in [-0.2, 0) is 4.74 Å². The molecule has 2 aliphatic rings. The highest BCUT2D eigenvalue weighted by Crippen LogP contribution is 2.33. The van der Waals surface area contributed by atoms with Crippen LogP contribution in [-0.4, -0.2) is 64.8 Å². The Balaban J connectivity index is 1.94. The van der Waals surface area contributed by atoms with E-state index in [1.807, 2.05) is 32.5 Å². The third kappa shape index (κ3) is 4.04. The van der Waals surface area contributed by atoms with Gasteiger partial charge in [0.05, 0.1) is 12.8 Å². The molecule has 0 unspecified atom stereocenters. The van der Waals surface area contributed by atoms with E-state index < -0.39 is 11.3 Å². The second-order valence-corrected chi connectivity index (χ2v) is 7.89. The lowest BCUT2D eigenvalue weighted by atomic mass is 9.95. The number of ether oxygens (including phenoxy) is 1. The van der Waals surface area contributed by atoms with Crippen molar-refractivity contribution < 1.29 is 9.53 Å². The van der Waals surface area contributed by atoms with E-state index in [1.54, 1.807) is 4.90 Å². The number of likely N-dealkylation sites (tertiary alicyclic amines) is 1. The monoisotopic (exact) mass is 311 g/mol. The first-order valence-electron chi connectivity index (χ1n) is 7.56. The van der Waals surface area contributed by atoms with Crippen LogP contribution in [0.15, 0.2) is 0 Å². The summed E-state index contributed by atoms with van der Waals surface area (Å²) in [7, 11) is 0. The molecular formula is C15H25N3O2S. The summed E-state index contributed by atoms with van der Waals surface area (Å²) in [5.41, 5.74) is -0.866. The molecule has 0 aliphatic carbocycles. The van der Waals surface area contributed by atoms with Gasteiger partial charge in [0.25, 0.3) is 5.66 Å². The first-order chi connectivity index (χ1) is 9.86. The molecule has 2 heterocycles. The van der Waals surface area contributed by atoms with Crippen LogP contribution < -0.4 is 0 Å². The van der Waals surface area contributed by atoms with Crippen molar-refractivity contribution in [2.45, 2.75) is 44.9 Å². The van der Waals surface area contributed by atoms with Gasteiger partial charge in [-0.15, -0.1) is 0 Å². The van der Waals surface area contributed by atoms with Crippen LogP contribution in [0.4, 0.5) is 4.79 Å². The quantitative estimate of drug-likeness (QED) is 0.698. The molecule has 0 aromatic carbocycles. The minimum atomic E-state index is -0.463. The minimum Gasteiger partial charge on any atom is -0.444 e. The second-order valence-electron chi connectivity index (χ2n) is 6.66. The molecule has 2 aliphatic heterocycles. The summed E-state index contributed by atoms with van der Waals surface area (Å²) >= 11 is 1.95. The first kappa shape index (κ1) is 16.4. The number of piperidine rings is 1. The van der Waals surface area contributed by atoms with Crippen LogP contribution in [0.5, 0.6) is 0 Å². The first-order valence-corrected chi connectivity index (χ1v) is 8.71. The van der Waals surface area contributed by atoms with E-state index in [0.29, 0.717) is 13.1 Å². The van der Waals surface area contributed by atoms with Gasteiger partial charge in [-0.3, -0.25) is 4.85 Å². The van der Waals surface area contributed by atoms with Gasteiger partial charge in [-0.05, 0) is 20.8 Å². The highest BCUT2D eigenvalue weighted by Gasteiger charge is 2.47. The van der Waals surface area contributed by atoms with Crippen LogP contribution >= 0.6 is 11.8 Å². The Kier molecular flexibility index (Phi) is 5.05. The van der Waals surface area contributed by atoms with Crippen molar-refractivity contribution in [2.24, 2.45) is 0 Å². The maximum absolute atomic E-state index is 12.1. The smallest absolute Gasteiger partial charge is 0.410 e. The Hall–Kier alpha value is -0.930. The molecule has 1 amide bonds. The summed E-state index contributed by atoms with van der Waals surface area (Å²) in [6, 6.07) is 0. The van der Waals surface area contributed by atoms with Gasteiger partial charge in [0.1, 0.15) is 5.60 Å². The van der Waals surface area contributed by atoms with E-state index in [0.717, 1.165) is 37.4 Å². The van der Waals surface area contributed by atoms with Crippen molar-refractivity contribution in [1.29, 1.82) is 0 Å². The molecule has 5 nitrogen and oxygen atoms in total. The predicted octanol–water partition coefficient (Wildman–Crippen LogP) is 2.68. The molecule has 0 aromatic rings. The zero-order chi connectivity index (χ0) is 15.5. The van der Waals surface area contributed by atoms with Gasteiger partial charge in [0.2, 0.25) is 0 Å². The molecular weight excluding hydrogens is 286 g/mol. The topological polar surface area (TPSA) is 37.1 Å². The fourth-order valence-corrected chi connectivity index (χ4v) is 3.76. The Labute approximate surface area is 131 Å². The Morgan fingerprint density at radius 3 is 2.24 bits per heavy atom. The highest BCUT2D eigenvalue weighted by atomic mass is 32.2. The van der Waals surface area contributed by atoms with Gasteiger partial charge >= 0.3 is 6.09 Å². The Morgan fingerprint density at radius 2 is 1.76 bits per heavy atom. The molecule has 118 valence electrons. The van der Waals surface area contributed by atoms with Crippen molar-refractivity contribution >= 4 is 17.9 Å². The number of nitrogens with zero attached hydrogens (tertiary/aromatic N) is 3. The van der Waals surface area contributed by atoms with Crippen LogP contribution in [0.2, 0.25) is 0 Å². The lowest BCUT2D eigenvalue weighted by Crippen LogP contribution is -2.56.